The van der Waals surface area contributed by atoms with Gasteiger partial charge in [0.15, 0.2) is 0 Å². The molecular formula is C18H17FN2O2. The zero-order valence-electron chi connectivity index (χ0n) is 12.4. The van der Waals surface area contributed by atoms with Crippen molar-refractivity contribution in [2.75, 3.05) is 0 Å². The number of nitrogens with one attached hydrogen (secondary N) is 1. The normalized spacial score (nSPS) is 25.9. The molecular weight excluding hydrogens is 295 g/mol. The van der Waals surface area contributed by atoms with E-state index in [1.807, 2.05) is 12.1 Å². The Morgan fingerprint density at radius 3 is 2.70 bits per heavy atom. The average Bonchev–Trinajstić information content (AvgIpc) is 3.47. The third kappa shape index (κ3) is 2.51. The summed E-state index contributed by atoms with van der Waals surface area (Å²) in [5, 5.41) is 8.99. The third-order valence-electron chi connectivity index (χ3n) is 4.88. The van der Waals surface area contributed by atoms with Crippen LogP contribution >= 0.6 is 0 Å². The van der Waals surface area contributed by atoms with Crippen LogP contribution in [0.25, 0.3) is 0 Å². The van der Waals surface area contributed by atoms with Crippen LogP contribution in [0.15, 0.2) is 42.6 Å². The highest BCUT2D eigenvalue weighted by molar-refractivity contribution is 5.84. The zero-order chi connectivity index (χ0) is 16.0. The maximum atomic E-state index is 14.1. The molecule has 4 rings (SSSR count). The van der Waals surface area contributed by atoms with Gasteiger partial charge in [0.2, 0.25) is 5.91 Å². The minimum atomic E-state index is -0.465. The number of hydrogen-bond donors (Lipinski definition) is 2. The first-order valence-corrected chi connectivity index (χ1v) is 7.85. The number of pyridine rings is 1. The van der Waals surface area contributed by atoms with Gasteiger partial charge in [-0.15, -0.1) is 0 Å². The highest BCUT2D eigenvalue weighted by Crippen LogP contribution is 2.61. The molecule has 0 bridgehead atoms. The molecule has 23 heavy (non-hydrogen) atoms. The highest BCUT2D eigenvalue weighted by Gasteiger charge is 2.57. The minimum absolute atomic E-state index is 0.125. The summed E-state index contributed by atoms with van der Waals surface area (Å²) < 4.78 is 14.1. The van der Waals surface area contributed by atoms with E-state index in [1.54, 1.807) is 29.9 Å². The number of benzene rings is 1. The number of carbonyl (C=O) groups is 1. The summed E-state index contributed by atoms with van der Waals surface area (Å²) in [4.78, 5) is 16.4. The van der Waals surface area contributed by atoms with Gasteiger partial charge in [-0.05, 0) is 42.2 Å². The molecule has 4 nitrogen and oxygen atoms in total. The van der Waals surface area contributed by atoms with Gasteiger partial charge in [0.25, 0.3) is 0 Å². The predicted molar refractivity (Wildman–Crippen MR) is 81.5 cm³/mol. The largest absolute Gasteiger partial charge is 0.289 e. The second kappa shape index (κ2) is 5.42. The molecule has 1 aromatic heterocycles. The third-order valence-corrected chi connectivity index (χ3v) is 4.88. The zero-order valence-corrected chi connectivity index (χ0v) is 12.4. The number of hydroxylamine groups is 1. The quantitative estimate of drug-likeness (QED) is 0.673. The van der Waals surface area contributed by atoms with Gasteiger partial charge >= 0.3 is 0 Å². The Morgan fingerprint density at radius 2 is 2.00 bits per heavy atom. The number of rotatable bonds is 4. The van der Waals surface area contributed by atoms with Gasteiger partial charge in [-0.25, -0.2) is 9.87 Å². The van der Waals surface area contributed by atoms with Crippen molar-refractivity contribution in [2.45, 2.75) is 30.6 Å². The lowest BCUT2D eigenvalue weighted by Crippen LogP contribution is -2.21. The molecule has 0 aliphatic heterocycles. The van der Waals surface area contributed by atoms with Gasteiger partial charge in [-0.3, -0.25) is 15.0 Å². The van der Waals surface area contributed by atoms with Gasteiger partial charge in [-0.1, -0.05) is 18.2 Å². The van der Waals surface area contributed by atoms with Crippen molar-refractivity contribution in [1.82, 2.24) is 10.5 Å². The van der Waals surface area contributed by atoms with Gasteiger partial charge in [0.05, 0.1) is 5.92 Å². The van der Waals surface area contributed by atoms with Crippen LogP contribution in [0, 0.1) is 11.7 Å². The van der Waals surface area contributed by atoms with Crippen LogP contribution in [-0.4, -0.2) is 16.1 Å². The Balaban J connectivity index is 1.69. The fourth-order valence-corrected chi connectivity index (χ4v) is 3.53. The first-order valence-electron chi connectivity index (χ1n) is 7.85. The van der Waals surface area contributed by atoms with E-state index in [2.05, 4.69) is 4.98 Å². The molecule has 0 radical (unpaired) electrons. The molecule has 0 saturated heterocycles. The van der Waals surface area contributed by atoms with E-state index in [4.69, 9.17) is 5.21 Å². The molecule has 2 N–H and O–H groups in total. The van der Waals surface area contributed by atoms with Gasteiger partial charge in [0.1, 0.15) is 5.82 Å². The molecule has 2 saturated carbocycles. The van der Waals surface area contributed by atoms with Crippen molar-refractivity contribution >= 4 is 5.91 Å². The van der Waals surface area contributed by atoms with Crippen LogP contribution in [0.2, 0.25) is 0 Å². The Bertz CT molecular complexity index is 760. The van der Waals surface area contributed by atoms with E-state index in [1.165, 1.54) is 6.07 Å². The lowest BCUT2D eigenvalue weighted by molar-refractivity contribution is -0.130. The Morgan fingerprint density at radius 1 is 1.22 bits per heavy atom. The number of aromatic nitrogens is 1. The summed E-state index contributed by atoms with van der Waals surface area (Å²) in [6.07, 6.45) is 4.06. The van der Waals surface area contributed by atoms with E-state index in [9.17, 15) is 9.18 Å². The molecule has 2 aromatic rings. The van der Waals surface area contributed by atoms with Crippen LogP contribution < -0.4 is 5.48 Å². The fraction of sp³-hybridized carbons (Fsp3) is 0.333. The molecule has 118 valence electrons. The highest BCUT2D eigenvalue weighted by atomic mass is 19.1. The number of hydrogen-bond acceptors (Lipinski definition) is 3. The van der Waals surface area contributed by atoms with E-state index in [0.29, 0.717) is 11.5 Å². The van der Waals surface area contributed by atoms with E-state index in [0.717, 1.165) is 24.1 Å². The molecule has 5 heteroatoms. The summed E-state index contributed by atoms with van der Waals surface area (Å²) >= 11 is 0. The molecule has 1 amide bonds. The monoisotopic (exact) mass is 312 g/mol. The van der Waals surface area contributed by atoms with Crippen LogP contribution in [-0.2, 0) is 4.79 Å². The van der Waals surface area contributed by atoms with E-state index >= 15 is 0 Å². The molecule has 2 aliphatic rings. The van der Waals surface area contributed by atoms with Gasteiger partial charge in [0, 0.05) is 29.6 Å². The van der Waals surface area contributed by atoms with Crippen LogP contribution in [0.1, 0.15) is 47.4 Å². The van der Waals surface area contributed by atoms with Gasteiger partial charge < -0.3 is 0 Å². The van der Waals surface area contributed by atoms with Crippen molar-refractivity contribution in [3.63, 3.8) is 0 Å². The van der Waals surface area contributed by atoms with Crippen LogP contribution in [0.4, 0.5) is 4.39 Å². The standard InChI is InChI=1S/C18H17FN2O2/c19-13-4-2-1-3-12(13)16-15(17(16)18(22)21-23)11-7-8-20-14(9-11)10-5-6-10/h1-4,7-10,15-17,23H,5-6H2,(H,21,22)/t15-,16-,17+/m1/s1. The smallest absolute Gasteiger partial charge is 0.247 e. The number of nitrogens with zero attached hydrogens (tertiary/aromatic N) is 1. The van der Waals surface area contributed by atoms with Crippen LogP contribution in [0.5, 0.6) is 0 Å². The average molecular weight is 312 g/mol. The second-order valence-electron chi connectivity index (χ2n) is 6.36. The summed E-state index contributed by atoms with van der Waals surface area (Å²) in [7, 11) is 0. The summed E-state index contributed by atoms with van der Waals surface area (Å²) in [5.74, 6) is -1.09. The van der Waals surface area contributed by atoms with Crippen LogP contribution in [0.3, 0.4) is 0 Å². The molecule has 0 unspecified atom stereocenters. The molecule has 1 heterocycles. The van der Waals surface area contributed by atoms with Crippen molar-refractivity contribution in [2.24, 2.45) is 5.92 Å². The maximum Gasteiger partial charge on any atom is 0.247 e. The van der Waals surface area contributed by atoms with Crippen molar-refractivity contribution in [3.05, 3.63) is 65.2 Å². The SMILES string of the molecule is O=C(NO)[C@H]1[C@H](c2ccnc(C3CC3)c2)[C@H]1c1ccccc1F. The summed E-state index contributed by atoms with van der Waals surface area (Å²) in [5.41, 5.74) is 4.28. The van der Waals surface area contributed by atoms with Crippen molar-refractivity contribution in [1.29, 1.82) is 0 Å². The summed E-state index contributed by atoms with van der Waals surface area (Å²) in [6.45, 7) is 0. The first kappa shape index (κ1) is 14.3. The van der Waals surface area contributed by atoms with Crippen molar-refractivity contribution in [3.8, 4) is 0 Å². The molecule has 2 fully saturated rings. The topological polar surface area (TPSA) is 62.2 Å². The Labute approximate surface area is 133 Å². The molecule has 3 atom stereocenters. The predicted octanol–water partition coefficient (Wildman–Crippen LogP) is 3.10. The second-order valence-corrected chi connectivity index (χ2v) is 6.36. The number of halogens is 1. The van der Waals surface area contributed by atoms with Gasteiger partial charge in [-0.2, -0.15) is 0 Å². The molecule has 0 spiro atoms. The lowest BCUT2D eigenvalue weighted by atomic mass is 10.0. The Kier molecular flexibility index (Phi) is 3.38. The lowest BCUT2D eigenvalue weighted by Gasteiger charge is -2.04. The molecule has 2 aliphatic carbocycles. The number of carbonyl (C=O) groups excluding carboxylic acids is 1. The first-order chi connectivity index (χ1) is 11.2. The van der Waals surface area contributed by atoms with E-state index in [-0.39, 0.29) is 17.7 Å². The summed E-state index contributed by atoms with van der Waals surface area (Å²) in [6, 6.07) is 10.4. The fourth-order valence-electron chi connectivity index (χ4n) is 3.53. The van der Waals surface area contributed by atoms with Crippen molar-refractivity contribution < 1.29 is 14.4 Å². The number of amides is 1. The Hall–Kier alpha value is -2.27. The maximum absolute atomic E-state index is 14.1. The molecule has 1 aromatic carbocycles. The van der Waals surface area contributed by atoms with E-state index < -0.39 is 11.8 Å². The minimum Gasteiger partial charge on any atom is -0.289 e.